The van der Waals surface area contributed by atoms with Crippen LogP contribution >= 0.6 is 0 Å². The molecule has 1 N–H and O–H groups in total. The van der Waals surface area contributed by atoms with Crippen LogP contribution in [0.3, 0.4) is 0 Å². The Morgan fingerprint density at radius 3 is 2.88 bits per heavy atom. The quantitative estimate of drug-likeness (QED) is 0.871. The van der Waals surface area contributed by atoms with E-state index in [0.29, 0.717) is 17.9 Å². The summed E-state index contributed by atoms with van der Waals surface area (Å²) in [6, 6.07) is 7.20. The fourth-order valence-corrected chi connectivity index (χ4v) is 3.01. The van der Waals surface area contributed by atoms with Crippen molar-refractivity contribution in [3.05, 3.63) is 46.8 Å². The normalized spacial score (nSPS) is 18.1. The van der Waals surface area contributed by atoms with Crippen molar-refractivity contribution in [3.63, 3.8) is 0 Å². The summed E-state index contributed by atoms with van der Waals surface area (Å²) in [6.45, 7) is 6.77. The van der Waals surface area contributed by atoms with Crippen LogP contribution in [0.15, 0.2) is 28.8 Å². The zero-order valence-corrected chi connectivity index (χ0v) is 14.9. The average Bonchev–Trinajstić information content (AvgIpc) is 3.24. The van der Waals surface area contributed by atoms with Crippen LogP contribution in [0.5, 0.6) is 5.75 Å². The van der Waals surface area contributed by atoms with Crippen molar-refractivity contribution in [2.24, 2.45) is 0 Å². The van der Waals surface area contributed by atoms with E-state index in [4.69, 9.17) is 14.0 Å². The number of carbonyl (C=O) groups is 1. The van der Waals surface area contributed by atoms with Gasteiger partial charge in [0.1, 0.15) is 18.1 Å². The molecule has 0 bridgehead atoms. The molecule has 2 atom stereocenters. The number of nitrogens with zero attached hydrogens (tertiary/aromatic N) is 1. The van der Waals surface area contributed by atoms with Crippen LogP contribution in [0.25, 0.3) is 0 Å². The van der Waals surface area contributed by atoms with Crippen molar-refractivity contribution in [1.82, 2.24) is 10.5 Å². The van der Waals surface area contributed by atoms with Crippen molar-refractivity contribution in [3.8, 4) is 5.75 Å². The maximum absolute atomic E-state index is 12.7. The predicted molar refractivity (Wildman–Crippen MR) is 92.7 cm³/mol. The fraction of sp³-hybridized carbons (Fsp3) is 0.474. The van der Waals surface area contributed by atoms with E-state index in [-0.39, 0.29) is 18.1 Å². The van der Waals surface area contributed by atoms with Gasteiger partial charge < -0.3 is 19.3 Å². The first-order valence-electron chi connectivity index (χ1n) is 8.62. The summed E-state index contributed by atoms with van der Waals surface area (Å²) in [4.78, 5) is 12.7. The molecule has 0 radical (unpaired) electrons. The molecule has 2 aromatic rings. The summed E-state index contributed by atoms with van der Waals surface area (Å²) in [6.07, 6.45) is 2.10. The van der Waals surface area contributed by atoms with Gasteiger partial charge in [0.2, 0.25) is 0 Å². The minimum atomic E-state index is -0.155. The Morgan fingerprint density at radius 2 is 2.20 bits per heavy atom. The second-order valence-corrected chi connectivity index (χ2v) is 6.40. The largest absolute Gasteiger partial charge is 0.488 e. The van der Waals surface area contributed by atoms with Gasteiger partial charge in [0, 0.05) is 6.61 Å². The fourth-order valence-electron chi connectivity index (χ4n) is 3.01. The van der Waals surface area contributed by atoms with Gasteiger partial charge in [-0.3, -0.25) is 4.79 Å². The monoisotopic (exact) mass is 344 g/mol. The molecule has 0 unspecified atom stereocenters. The number of amides is 1. The first-order chi connectivity index (χ1) is 12.1. The van der Waals surface area contributed by atoms with Crippen molar-refractivity contribution in [2.45, 2.75) is 52.4 Å². The van der Waals surface area contributed by atoms with E-state index < -0.39 is 0 Å². The number of ether oxygens (including phenoxy) is 2. The van der Waals surface area contributed by atoms with Gasteiger partial charge in [-0.25, -0.2) is 0 Å². The molecule has 1 aromatic carbocycles. The lowest BCUT2D eigenvalue weighted by Crippen LogP contribution is -2.40. The molecule has 134 valence electrons. The molecule has 6 heteroatoms. The molecule has 0 aliphatic carbocycles. The van der Waals surface area contributed by atoms with E-state index in [1.54, 1.807) is 12.1 Å². The van der Waals surface area contributed by atoms with Gasteiger partial charge in [0.25, 0.3) is 5.91 Å². The summed E-state index contributed by atoms with van der Waals surface area (Å²) < 4.78 is 16.7. The van der Waals surface area contributed by atoms with Gasteiger partial charge in [0.05, 0.1) is 29.0 Å². The molecule has 1 aliphatic heterocycles. The maximum Gasteiger partial charge on any atom is 0.255 e. The third kappa shape index (κ3) is 4.02. The molecule has 3 rings (SSSR count). The van der Waals surface area contributed by atoms with Gasteiger partial charge in [-0.05, 0) is 45.7 Å². The average molecular weight is 344 g/mol. The number of nitrogens with one attached hydrogen (secondary N) is 1. The van der Waals surface area contributed by atoms with Crippen molar-refractivity contribution in [2.75, 3.05) is 6.61 Å². The molecule has 1 saturated heterocycles. The van der Waals surface area contributed by atoms with Gasteiger partial charge in [-0.15, -0.1) is 0 Å². The number of aryl methyl sites for hydroxylation is 2. The number of para-hydroxylation sites is 1. The summed E-state index contributed by atoms with van der Waals surface area (Å²) >= 11 is 0. The summed E-state index contributed by atoms with van der Waals surface area (Å²) in [5.74, 6) is 1.11. The lowest BCUT2D eigenvalue weighted by atomic mass is 10.1. The Kier molecular flexibility index (Phi) is 5.38. The number of benzene rings is 1. The van der Waals surface area contributed by atoms with Crippen LogP contribution in [0, 0.1) is 13.8 Å². The molecule has 0 spiro atoms. The Bertz CT molecular complexity index is 715. The highest BCUT2D eigenvalue weighted by Crippen LogP contribution is 2.22. The van der Waals surface area contributed by atoms with E-state index in [2.05, 4.69) is 10.5 Å². The van der Waals surface area contributed by atoms with Crippen LogP contribution in [0.4, 0.5) is 0 Å². The molecule has 0 saturated carbocycles. The van der Waals surface area contributed by atoms with E-state index >= 15 is 0 Å². The summed E-state index contributed by atoms with van der Waals surface area (Å²) in [5.41, 5.74) is 2.22. The molecule has 1 fully saturated rings. The Hall–Kier alpha value is -2.34. The number of carbonyl (C=O) groups excluding carboxylic acids is 1. The van der Waals surface area contributed by atoms with Gasteiger partial charge in [-0.2, -0.15) is 0 Å². The lowest BCUT2D eigenvalue weighted by Gasteiger charge is -2.20. The first-order valence-corrected chi connectivity index (χ1v) is 8.62. The highest BCUT2D eigenvalue weighted by atomic mass is 16.5. The Labute approximate surface area is 147 Å². The molecule has 1 aromatic heterocycles. The molecule has 1 amide bonds. The van der Waals surface area contributed by atoms with Crippen LogP contribution in [-0.4, -0.2) is 29.8 Å². The Morgan fingerprint density at radius 1 is 1.40 bits per heavy atom. The molecular formula is C19H24N2O4. The maximum atomic E-state index is 12.7. The topological polar surface area (TPSA) is 73.6 Å². The number of hydrogen-bond donors (Lipinski definition) is 1. The zero-order chi connectivity index (χ0) is 17.8. The second-order valence-electron chi connectivity index (χ2n) is 6.40. The van der Waals surface area contributed by atoms with Crippen LogP contribution in [-0.2, 0) is 11.3 Å². The number of rotatable bonds is 6. The lowest BCUT2D eigenvalue weighted by molar-refractivity contribution is 0.0710. The standard InChI is InChI=1S/C19H24N2O4/c1-12-16(14(3)25-21-12)11-24-18-8-5-4-7-15(18)19(22)20-13(2)17-9-6-10-23-17/h4-5,7-8,13,17H,6,9-11H2,1-3H3,(H,20,22)/t13-,17-/m0/s1. The smallest absolute Gasteiger partial charge is 0.255 e. The third-order valence-electron chi connectivity index (χ3n) is 4.57. The highest BCUT2D eigenvalue weighted by molar-refractivity contribution is 5.97. The van der Waals surface area contributed by atoms with E-state index in [9.17, 15) is 4.79 Å². The summed E-state index contributed by atoms with van der Waals surface area (Å²) in [5, 5.41) is 6.94. The van der Waals surface area contributed by atoms with Gasteiger partial charge in [0.15, 0.2) is 0 Å². The van der Waals surface area contributed by atoms with Crippen molar-refractivity contribution >= 4 is 5.91 Å². The van der Waals surface area contributed by atoms with Crippen LogP contribution < -0.4 is 10.1 Å². The molecule has 2 heterocycles. The third-order valence-corrected chi connectivity index (χ3v) is 4.57. The number of aromatic nitrogens is 1. The van der Waals surface area contributed by atoms with Gasteiger partial charge >= 0.3 is 0 Å². The second kappa shape index (κ2) is 7.70. The molecule has 1 aliphatic rings. The molecular weight excluding hydrogens is 320 g/mol. The van der Waals surface area contributed by atoms with E-state index in [0.717, 1.165) is 36.5 Å². The van der Waals surface area contributed by atoms with Crippen LogP contribution in [0.1, 0.15) is 47.1 Å². The highest BCUT2D eigenvalue weighted by Gasteiger charge is 2.25. The predicted octanol–water partition coefficient (Wildman–Crippen LogP) is 3.17. The zero-order valence-electron chi connectivity index (χ0n) is 14.9. The van der Waals surface area contributed by atoms with E-state index in [1.807, 2.05) is 32.9 Å². The van der Waals surface area contributed by atoms with Crippen molar-refractivity contribution < 1.29 is 18.8 Å². The van der Waals surface area contributed by atoms with Gasteiger partial charge in [-0.1, -0.05) is 17.3 Å². The van der Waals surface area contributed by atoms with Crippen LogP contribution in [0.2, 0.25) is 0 Å². The van der Waals surface area contributed by atoms with E-state index in [1.165, 1.54) is 0 Å². The first kappa shape index (κ1) is 17.5. The Balaban J connectivity index is 1.68. The summed E-state index contributed by atoms with van der Waals surface area (Å²) in [7, 11) is 0. The van der Waals surface area contributed by atoms with Crippen molar-refractivity contribution in [1.29, 1.82) is 0 Å². The minimum absolute atomic E-state index is 0.0365. The minimum Gasteiger partial charge on any atom is -0.488 e. The molecule has 25 heavy (non-hydrogen) atoms. The number of hydrogen-bond acceptors (Lipinski definition) is 5. The SMILES string of the molecule is Cc1noc(C)c1COc1ccccc1C(=O)N[C@@H](C)[C@@H]1CCCO1. The molecule has 6 nitrogen and oxygen atoms in total.